The van der Waals surface area contributed by atoms with Gasteiger partial charge in [-0.05, 0) is 49.4 Å². The van der Waals surface area contributed by atoms with Crippen LogP contribution in [-0.2, 0) is 0 Å². The summed E-state index contributed by atoms with van der Waals surface area (Å²) in [5.41, 5.74) is 4.14. The molecular weight excluding hydrogens is 380 g/mol. The van der Waals surface area contributed by atoms with E-state index in [0.717, 1.165) is 53.9 Å². The van der Waals surface area contributed by atoms with Crippen LogP contribution in [0.5, 0.6) is 5.75 Å². The Labute approximate surface area is 173 Å². The minimum absolute atomic E-state index is 0.255. The first kappa shape index (κ1) is 18.7. The summed E-state index contributed by atoms with van der Waals surface area (Å²) in [6.07, 6.45) is 10.0. The largest absolute Gasteiger partial charge is 0.496 e. The number of ether oxygens (including phenoxy) is 1. The summed E-state index contributed by atoms with van der Waals surface area (Å²) in [4.78, 5) is 9.05. The first-order valence-corrected chi connectivity index (χ1v) is 10.3. The van der Waals surface area contributed by atoms with Crippen molar-refractivity contribution in [2.75, 3.05) is 13.7 Å². The minimum atomic E-state index is 0.255. The minimum Gasteiger partial charge on any atom is -0.496 e. The molecule has 1 aliphatic rings. The molecule has 154 valence electrons. The first-order chi connectivity index (χ1) is 14.8. The van der Waals surface area contributed by atoms with Gasteiger partial charge in [0.2, 0.25) is 5.65 Å². The zero-order valence-corrected chi connectivity index (χ0v) is 16.8. The van der Waals surface area contributed by atoms with Gasteiger partial charge in [-0.25, -0.2) is 9.97 Å². The number of hydrogen-bond donors (Lipinski definition) is 2. The predicted molar refractivity (Wildman–Crippen MR) is 113 cm³/mol. The molecule has 1 fully saturated rings. The lowest BCUT2D eigenvalue weighted by molar-refractivity contribution is 0.163. The molecule has 4 aromatic rings. The Kier molecular flexibility index (Phi) is 4.92. The number of benzene rings is 1. The maximum absolute atomic E-state index is 9.62. The van der Waals surface area contributed by atoms with Crippen LogP contribution in [0.15, 0.2) is 42.9 Å². The molecule has 0 saturated heterocycles. The standard InChI is InChI=1S/C22H24N6O2/c1-30-20-6-5-15(10-18(20)16-11-19-21(24-12-16)26-27-25-19)22-23-7-8-28(22)17-4-2-3-14(9-17)13-29/h5-8,10-12,14,17,29H,2-4,9,13H2,1H3,(H,24,25,26,27)/t14-,17-/m1/s1. The Morgan fingerprint density at radius 1 is 1.17 bits per heavy atom. The van der Waals surface area contributed by atoms with Crippen LogP contribution in [0.3, 0.4) is 0 Å². The van der Waals surface area contributed by atoms with E-state index < -0.39 is 0 Å². The van der Waals surface area contributed by atoms with Crippen LogP contribution in [0, 0.1) is 5.92 Å². The van der Waals surface area contributed by atoms with Gasteiger partial charge in [-0.2, -0.15) is 10.3 Å². The number of aliphatic hydroxyl groups excluding tert-OH is 1. The lowest BCUT2D eigenvalue weighted by atomic mass is 9.86. The molecule has 1 aliphatic carbocycles. The molecule has 3 heterocycles. The summed E-state index contributed by atoms with van der Waals surface area (Å²) in [5, 5.41) is 20.4. The Bertz CT molecular complexity index is 1170. The molecule has 0 amide bonds. The molecule has 2 atom stereocenters. The number of rotatable bonds is 5. The molecule has 8 heteroatoms. The number of nitrogens with zero attached hydrogens (tertiary/aromatic N) is 5. The van der Waals surface area contributed by atoms with E-state index in [9.17, 15) is 5.11 Å². The van der Waals surface area contributed by atoms with Crippen molar-refractivity contribution in [2.45, 2.75) is 31.7 Å². The maximum atomic E-state index is 9.62. The lowest BCUT2D eigenvalue weighted by Gasteiger charge is -2.30. The van der Waals surface area contributed by atoms with Crippen molar-refractivity contribution in [3.05, 3.63) is 42.9 Å². The van der Waals surface area contributed by atoms with E-state index in [2.05, 4.69) is 36.0 Å². The van der Waals surface area contributed by atoms with E-state index in [-0.39, 0.29) is 6.61 Å². The van der Waals surface area contributed by atoms with Crippen LogP contribution in [0.25, 0.3) is 33.7 Å². The fourth-order valence-electron chi connectivity index (χ4n) is 4.47. The Balaban J connectivity index is 1.55. The maximum Gasteiger partial charge on any atom is 0.201 e. The Morgan fingerprint density at radius 3 is 2.97 bits per heavy atom. The number of aliphatic hydroxyl groups is 1. The van der Waals surface area contributed by atoms with E-state index in [1.165, 1.54) is 0 Å². The topological polar surface area (TPSA) is 102 Å². The van der Waals surface area contributed by atoms with Crippen molar-refractivity contribution < 1.29 is 9.84 Å². The molecule has 0 aliphatic heterocycles. The molecule has 1 aromatic carbocycles. The molecule has 5 rings (SSSR count). The second kappa shape index (κ2) is 7.87. The molecule has 0 unspecified atom stereocenters. The highest BCUT2D eigenvalue weighted by atomic mass is 16.5. The Hall–Kier alpha value is -3.26. The van der Waals surface area contributed by atoms with Crippen molar-refractivity contribution in [3.8, 4) is 28.3 Å². The summed E-state index contributed by atoms with van der Waals surface area (Å²) in [6.45, 7) is 0.255. The number of imidazole rings is 1. The molecular formula is C22H24N6O2. The van der Waals surface area contributed by atoms with Crippen molar-refractivity contribution >= 4 is 11.2 Å². The summed E-state index contributed by atoms with van der Waals surface area (Å²) in [6, 6.07) is 8.40. The fourth-order valence-corrected chi connectivity index (χ4v) is 4.47. The van der Waals surface area contributed by atoms with E-state index in [0.29, 0.717) is 23.1 Å². The van der Waals surface area contributed by atoms with E-state index in [1.807, 2.05) is 30.6 Å². The predicted octanol–water partition coefficient (Wildman–Crippen LogP) is 3.62. The van der Waals surface area contributed by atoms with Gasteiger partial charge in [-0.3, -0.25) is 0 Å². The summed E-state index contributed by atoms with van der Waals surface area (Å²) >= 11 is 0. The average molecular weight is 404 g/mol. The highest BCUT2D eigenvalue weighted by Gasteiger charge is 2.25. The summed E-state index contributed by atoms with van der Waals surface area (Å²) in [7, 11) is 1.67. The molecule has 1 saturated carbocycles. The van der Waals surface area contributed by atoms with E-state index in [4.69, 9.17) is 4.74 Å². The normalized spacial score (nSPS) is 19.3. The smallest absolute Gasteiger partial charge is 0.201 e. The number of pyridine rings is 1. The molecule has 0 bridgehead atoms. The highest BCUT2D eigenvalue weighted by molar-refractivity contribution is 5.81. The van der Waals surface area contributed by atoms with E-state index >= 15 is 0 Å². The highest BCUT2D eigenvalue weighted by Crippen LogP contribution is 2.38. The van der Waals surface area contributed by atoms with Gasteiger partial charge in [0.05, 0.1) is 7.11 Å². The van der Waals surface area contributed by atoms with Crippen LogP contribution in [0.2, 0.25) is 0 Å². The van der Waals surface area contributed by atoms with Crippen molar-refractivity contribution in [1.29, 1.82) is 0 Å². The number of hydrogen-bond acceptors (Lipinski definition) is 6. The quantitative estimate of drug-likeness (QED) is 0.527. The van der Waals surface area contributed by atoms with Gasteiger partial charge >= 0.3 is 0 Å². The monoisotopic (exact) mass is 404 g/mol. The number of fused-ring (bicyclic) bond motifs is 1. The van der Waals surface area contributed by atoms with Gasteiger partial charge in [0.1, 0.15) is 17.1 Å². The molecule has 0 radical (unpaired) electrons. The molecule has 8 nitrogen and oxygen atoms in total. The number of methoxy groups -OCH3 is 1. The summed E-state index contributed by atoms with van der Waals surface area (Å²) in [5.74, 6) is 2.06. The third-order valence-corrected chi connectivity index (χ3v) is 6.02. The second-order valence-electron chi connectivity index (χ2n) is 7.83. The third-order valence-electron chi connectivity index (χ3n) is 6.02. The molecule has 30 heavy (non-hydrogen) atoms. The average Bonchev–Trinajstić information content (AvgIpc) is 3.47. The second-order valence-corrected chi connectivity index (χ2v) is 7.83. The lowest BCUT2D eigenvalue weighted by Crippen LogP contribution is -2.21. The number of aromatic amines is 1. The van der Waals surface area contributed by atoms with Gasteiger partial charge in [0.25, 0.3) is 0 Å². The number of H-pyrrole nitrogens is 1. The Morgan fingerprint density at radius 2 is 2.10 bits per heavy atom. The van der Waals surface area contributed by atoms with Gasteiger partial charge in [-0.15, -0.1) is 5.10 Å². The number of nitrogens with one attached hydrogen (secondary N) is 1. The molecule has 2 N–H and O–H groups in total. The first-order valence-electron chi connectivity index (χ1n) is 10.3. The van der Waals surface area contributed by atoms with Crippen LogP contribution in [0.1, 0.15) is 31.7 Å². The SMILES string of the molecule is COc1ccc(-c2nccn2[C@@H]2CCC[C@@H](CO)C2)cc1-c1cnc2n[nH]nc2c1. The zero-order chi connectivity index (χ0) is 20.5. The fraction of sp³-hybridized carbons (Fsp3) is 0.364. The third kappa shape index (κ3) is 3.33. The van der Waals surface area contributed by atoms with Crippen LogP contribution in [-0.4, -0.2) is 48.8 Å². The van der Waals surface area contributed by atoms with Crippen molar-refractivity contribution in [1.82, 2.24) is 29.9 Å². The van der Waals surface area contributed by atoms with Crippen molar-refractivity contribution in [3.63, 3.8) is 0 Å². The number of aromatic nitrogens is 6. The van der Waals surface area contributed by atoms with Crippen molar-refractivity contribution in [2.24, 2.45) is 5.92 Å². The van der Waals surface area contributed by atoms with Gasteiger partial charge < -0.3 is 14.4 Å². The van der Waals surface area contributed by atoms with Gasteiger partial charge in [0, 0.05) is 47.9 Å². The van der Waals surface area contributed by atoms with Crippen LogP contribution >= 0.6 is 0 Å². The zero-order valence-electron chi connectivity index (χ0n) is 16.8. The molecule has 0 spiro atoms. The van der Waals surface area contributed by atoms with Gasteiger partial charge in [-0.1, -0.05) is 6.42 Å². The van der Waals surface area contributed by atoms with E-state index in [1.54, 1.807) is 13.3 Å². The summed E-state index contributed by atoms with van der Waals surface area (Å²) < 4.78 is 7.87. The van der Waals surface area contributed by atoms with Gasteiger partial charge in [0.15, 0.2) is 0 Å². The van der Waals surface area contributed by atoms with Crippen LogP contribution in [0.4, 0.5) is 0 Å². The van der Waals surface area contributed by atoms with Crippen LogP contribution < -0.4 is 4.74 Å². The molecule has 3 aromatic heterocycles.